The summed E-state index contributed by atoms with van der Waals surface area (Å²) in [5.41, 5.74) is 2.00. The van der Waals surface area contributed by atoms with Gasteiger partial charge in [0.1, 0.15) is 0 Å². The first-order valence-electron chi connectivity index (χ1n) is 7.50. The molecule has 3 amide bonds. The first kappa shape index (κ1) is 15.9. The number of carbonyl (C=O) groups excluding carboxylic acids is 2. The van der Waals surface area contributed by atoms with Crippen LogP contribution in [0.4, 0.5) is 4.79 Å². The van der Waals surface area contributed by atoms with E-state index in [1.165, 1.54) is 0 Å². The first-order chi connectivity index (χ1) is 10.7. The largest absolute Gasteiger partial charge is 0.359 e. The van der Waals surface area contributed by atoms with Gasteiger partial charge in [-0.15, -0.1) is 0 Å². The van der Waals surface area contributed by atoms with Gasteiger partial charge in [0, 0.05) is 25.1 Å². The molecule has 0 aliphatic heterocycles. The van der Waals surface area contributed by atoms with E-state index in [0.29, 0.717) is 19.0 Å². The van der Waals surface area contributed by atoms with E-state index in [4.69, 9.17) is 0 Å². The molecule has 0 bridgehead atoms. The number of amides is 3. The second-order valence-corrected chi connectivity index (χ2v) is 5.27. The van der Waals surface area contributed by atoms with E-state index in [1.807, 2.05) is 24.3 Å². The molecule has 1 fully saturated rings. The molecular formula is C17H21N3O2. The summed E-state index contributed by atoms with van der Waals surface area (Å²) in [7, 11) is 1.64. The van der Waals surface area contributed by atoms with Crippen LogP contribution in [0.3, 0.4) is 0 Å². The van der Waals surface area contributed by atoms with Crippen LogP contribution in [0.15, 0.2) is 24.3 Å². The molecule has 0 saturated heterocycles. The van der Waals surface area contributed by atoms with Crippen LogP contribution in [0.2, 0.25) is 0 Å². The highest BCUT2D eigenvalue weighted by Crippen LogP contribution is 2.18. The van der Waals surface area contributed by atoms with E-state index >= 15 is 0 Å². The minimum atomic E-state index is -0.152. The summed E-state index contributed by atoms with van der Waals surface area (Å²) in [6.07, 6.45) is 3.36. The van der Waals surface area contributed by atoms with Crippen molar-refractivity contribution in [1.29, 1.82) is 0 Å². The van der Waals surface area contributed by atoms with Gasteiger partial charge in [-0.25, -0.2) is 4.79 Å². The predicted octanol–water partition coefficient (Wildman–Crippen LogP) is 1.18. The maximum Gasteiger partial charge on any atom is 0.315 e. The van der Waals surface area contributed by atoms with Crippen LogP contribution >= 0.6 is 0 Å². The van der Waals surface area contributed by atoms with Crippen molar-refractivity contribution in [2.24, 2.45) is 0 Å². The number of benzene rings is 1. The Morgan fingerprint density at radius 3 is 2.59 bits per heavy atom. The van der Waals surface area contributed by atoms with Crippen LogP contribution in [0.1, 0.15) is 30.4 Å². The molecule has 0 spiro atoms. The molecule has 1 aromatic carbocycles. The average molecular weight is 299 g/mol. The van der Waals surface area contributed by atoms with Gasteiger partial charge >= 0.3 is 6.03 Å². The van der Waals surface area contributed by atoms with Gasteiger partial charge < -0.3 is 16.0 Å². The van der Waals surface area contributed by atoms with E-state index in [9.17, 15) is 9.59 Å². The molecule has 3 N–H and O–H groups in total. The van der Waals surface area contributed by atoms with Crippen LogP contribution in [0, 0.1) is 11.8 Å². The van der Waals surface area contributed by atoms with Gasteiger partial charge in [0.15, 0.2) is 0 Å². The maximum absolute atomic E-state index is 11.4. The van der Waals surface area contributed by atoms with E-state index in [-0.39, 0.29) is 11.9 Å². The first-order valence-corrected chi connectivity index (χ1v) is 7.50. The quantitative estimate of drug-likeness (QED) is 0.715. The van der Waals surface area contributed by atoms with Gasteiger partial charge in [0.05, 0.1) is 6.54 Å². The lowest BCUT2D eigenvalue weighted by Crippen LogP contribution is -2.36. The number of carbonyl (C=O) groups is 2. The molecule has 5 heteroatoms. The Labute approximate surface area is 130 Å². The lowest BCUT2D eigenvalue weighted by atomic mass is 10.1. The molecule has 0 unspecified atom stereocenters. The summed E-state index contributed by atoms with van der Waals surface area (Å²) in [4.78, 5) is 22.6. The van der Waals surface area contributed by atoms with Crippen molar-refractivity contribution in [3.05, 3.63) is 35.4 Å². The molecule has 22 heavy (non-hydrogen) atoms. The minimum absolute atomic E-state index is 0.0411. The summed E-state index contributed by atoms with van der Waals surface area (Å²) in [6, 6.07) is 8.00. The molecule has 0 radical (unpaired) electrons. The van der Waals surface area contributed by atoms with Crippen molar-refractivity contribution in [2.45, 2.75) is 31.7 Å². The third-order valence-electron chi connectivity index (χ3n) is 3.36. The highest BCUT2D eigenvalue weighted by molar-refractivity contribution is 5.75. The number of rotatable bonds is 5. The van der Waals surface area contributed by atoms with Crippen LogP contribution in [0.25, 0.3) is 0 Å². The van der Waals surface area contributed by atoms with Crippen molar-refractivity contribution in [3.63, 3.8) is 0 Å². The third-order valence-corrected chi connectivity index (χ3v) is 3.36. The lowest BCUT2D eigenvalue weighted by molar-refractivity contribution is -0.120. The van der Waals surface area contributed by atoms with Crippen LogP contribution in [-0.2, 0) is 11.2 Å². The van der Waals surface area contributed by atoms with Gasteiger partial charge in [0.2, 0.25) is 5.91 Å². The average Bonchev–Trinajstić information content (AvgIpc) is 3.34. The van der Waals surface area contributed by atoms with Crippen LogP contribution < -0.4 is 16.0 Å². The van der Waals surface area contributed by atoms with Gasteiger partial charge in [-0.2, -0.15) is 0 Å². The zero-order valence-electron chi connectivity index (χ0n) is 12.7. The summed E-state index contributed by atoms with van der Waals surface area (Å²) in [6.45, 7) is 0.330. The fourth-order valence-electron chi connectivity index (χ4n) is 1.87. The summed E-state index contributed by atoms with van der Waals surface area (Å²) >= 11 is 0. The Balaban J connectivity index is 1.72. The molecule has 1 saturated carbocycles. The molecule has 1 aliphatic rings. The topological polar surface area (TPSA) is 70.2 Å². The predicted molar refractivity (Wildman–Crippen MR) is 85.3 cm³/mol. The van der Waals surface area contributed by atoms with Crippen molar-refractivity contribution in [1.82, 2.24) is 16.0 Å². The zero-order valence-corrected chi connectivity index (χ0v) is 12.7. The number of hydrogen-bond donors (Lipinski definition) is 3. The smallest absolute Gasteiger partial charge is 0.315 e. The van der Waals surface area contributed by atoms with Gasteiger partial charge in [0.25, 0.3) is 0 Å². The minimum Gasteiger partial charge on any atom is -0.359 e. The Morgan fingerprint density at radius 1 is 1.23 bits per heavy atom. The molecule has 0 atom stereocenters. The maximum atomic E-state index is 11.4. The van der Waals surface area contributed by atoms with Gasteiger partial charge in [-0.3, -0.25) is 4.79 Å². The number of aryl methyl sites for hydroxylation is 1. The van der Waals surface area contributed by atoms with Crippen LogP contribution in [0.5, 0.6) is 0 Å². The summed E-state index contributed by atoms with van der Waals surface area (Å²) in [5, 5.41) is 8.15. The van der Waals surface area contributed by atoms with Gasteiger partial charge in [-0.1, -0.05) is 24.0 Å². The molecule has 116 valence electrons. The normalized spacial score (nSPS) is 12.8. The number of nitrogens with one attached hydrogen (secondary N) is 3. The van der Waals surface area contributed by atoms with E-state index in [2.05, 4.69) is 27.8 Å². The van der Waals surface area contributed by atoms with Crippen molar-refractivity contribution in [3.8, 4) is 11.8 Å². The monoisotopic (exact) mass is 299 g/mol. The van der Waals surface area contributed by atoms with E-state index in [1.54, 1.807) is 7.05 Å². The zero-order chi connectivity index (χ0) is 15.8. The molecule has 2 rings (SSSR count). The number of hydrogen-bond acceptors (Lipinski definition) is 2. The molecule has 1 aliphatic carbocycles. The Bertz CT molecular complexity index is 580. The van der Waals surface area contributed by atoms with Crippen molar-refractivity contribution in [2.75, 3.05) is 13.6 Å². The molecule has 1 aromatic rings. The molecule has 5 nitrogen and oxygen atoms in total. The lowest BCUT2D eigenvalue weighted by Gasteiger charge is -2.02. The summed E-state index contributed by atoms with van der Waals surface area (Å²) in [5.74, 6) is 5.96. The third kappa shape index (κ3) is 5.88. The SMILES string of the molecule is CNC(=O)CCc1ccc(C#CCNC(=O)NC2CC2)cc1. The Morgan fingerprint density at radius 2 is 1.95 bits per heavy atom. The second-order valence-electron chi connectivity index (χ2n) is 5.27. The number of urea groups is 1. The van der Waals surface area contributed by atoms with Gasteiger partial charge in [-0.05, 0) is 37.0 Å². The molecular weight excluding hydrogens is 278 g/mol. The fourth-order valence-corrected chi connectivity index (χ4v) is 1.87. The molecule has 0 heterocycles. The second kappa shape index (κ2) is 8.08. The van der Waals surface area contributed by atoms with Crippen molar-refractivity contribution >= 4 is 11.9 Å². The standard InChI is InChI=1S/C17H21N3O2/c1-18-16(21)11-8-14-6-4-13(5-7-14)3-2-12-19-17(22)20-15-9-10-15/h4-7,15H,8-12H2,1H3,(H,18,21)(H2,19,20,22). The highest BCUT2D eigenvalue weighted by atomic mass is 16.2. The Kier molecular flexibility index (Phi) is 5.84. The van der Waals surface area contributed by atoms with E-state index in [0.717, 1.165) is 30.4 Å². The summed E-state index contributed by atoms with van der Waals surface area (Å²) < 4.78 is 0. The molecule has 0 aromatic heterocycles. The van der Waals surface area contributed by atoms with E-state index < -0.39 is 0 Å². The van der Waals surface area contributed by atoms with Crippen molar-refractivity contribution < 1.29 is 9.59 Å². The van der Waals surface area contributed by atoms with Crippen LogP contribution in [-0.4, -0.2) is 31.6 Å². The highest BCUT2D eigenvalue weighted by Gasteiger charge is 2.22. The Hall–Kier alpha value is -2.48. The fraction of sp³-hybridized carbons (Fsp3) is 0.412.